The third-order valence-corrected chi connectivity index (χ3v) is 13.2. The van der Waals surface area contributed by atoms with Gasteiger partial charge in [-0.25, -0.2) is 0 Å². The van der Waals surface area contributed by atoms with Crippen molar-refractivity contribution in [2.45, 2.75) is 107 Å². The van der Waals surface area contributed by atoms with Gasteiger partial charge in [-0.3, -0.25) is 4.79 Å². The minimum Gasteiger partial charge on any atom is -0.508 e. The van der Waals surface area contributed by atoms with E-state index >= 15 is 0 Å². The van der Waals surface area contributed by atoms with Gasteiger partial charge in [0.1, 0.15) is 36.6 Å². The van der Waals surface area contributed by atoms with Crippen LogP contribution in [0.3, 0.4) is 0 Å². The first-order chi connectivity index (χ1) is 27.7. The molecule has 298 valence electrons. The first-order valence-corrected chi connectivity index (χ1v) is 20.7. The number of dihydropyridines is 1. The fraction of sp³-hybridized carbons (Fsp3) is 0.468. The number of hydrogen-bond acceptors (Lipinski definition) is 10. The zero-order chi connectivity index (χ0) is 39.3. The van der Waals surface area contributed by atoms with E-state index in [1.165, 1.54) is 39.0 Å². The minimum atomic E-state index is -0.563. The van der Waals surface area contributed by atoms with Gasteiger partial charge < -0.3 is 45.5 Å². The Morgan fingerprint density at radius 3 is 2.75 bits per heavy atom. The Morgan fingerprint density at radius 2 is 1.93 bits per heavy atom. The number of benzene rings is 3. The van der Waals surface area contributed by atoms with E-state index < -0.39 is 6.10 Å². The van der Waals surface area contributed by atoms with Crippen LogP contribution in [0.25, 0.3) is 11.1 Å². The number of phenolic OH excluding ortho intramolecular Hbond substituents is 2. The molecule has 3 heterocycles. The molecule has 0 aromatic heterocycles. The second-order valence-electron chi connectivity index (χ2n) is 16.9. The number of methoxy groups -OCH3 is 1. The zero-order valence-electron chi connectivity index (χ0n) is 32.9. The standard InChI is InChI=1S/C47H53N3O7/c1-27(51)56-26-37-34-12-13-35-43-31(20-33(52)22-41(43)54-2)25-47-16-15-28(24-47)19-30-11-14-42(48)50-38(30)10-6-7-29-21-39(53)40(23-36(29)45(37)57-46(34)44(35)47)55-18-17-49-32-8-4-3-5-9-32/h11-14,20-23,28,32,37,42,45,49-50,52-53H,3-5,7-9,15-19,24-26,48H2,1-2H3/t28-,37-,42?,45+,47-/m0/s1. The van der Waals surface area contributed by atoms with Crippen LogP contribution in [0.5, 0.6) is 28.7 Å². The molecule has 6 aliphatic rings. The Morgan fingerprint density at radius 1 is 1.07 bits per heavy atom. The molecule has 57 heavy (non-hydrogen) atoms. The van der Waals surface area contributed by atoms with E-state index in [0.29, 0.717) is 43.0 Å². The largest absolute Gasteiger partial charge is 0.508 e. The number of hydrogen-bond donors (Lipinski definition) is 5. The Hall–Kier alpha value is -5.11. The number of nitrogens with one attached hydrogen (secondary N) is 2. The second-order valence-corrected chi connectivity index (χ2v) is 16.9. The smallest absolute Gasteiger partial charge is 0.302 e. The second kappa shape index (κ2) is 15.3. The summed E-state index contributed by atoms with van der Waals surface area (Å²) in [6.07, 6.45) is 14.1. The van der Waals surface area contributed by atoms with Crippen LogP contribution in [0.1, 0.15) is 105 Å². The fourth-order valence-corrected chi connectivity index (χ4v) is 10.6. The van der Waals surface area contributed by atoms with E-state index in [9.17, 15) is 15.0 Å². The van der Waals surface area contributed by atoms with E-state index in [1.54, 1.807) is 19.2 Å². The molecule has 2 saturated carbocycles. The number of carbonyl (C=O) groups is 1. The lowest BCUT2D eigenvalue weighted by atomic mass is 9.65. The fourth-order valence-electron chi connectivity index (χ4n) is 10.6. The van der Waals surface area contributed by atoms with E-state index in [-0.39, 0.29) is 41.6 Å². The summed E-state index contributed by atoms with van der Waals surface area (Å²) in [5, 5.41) is 29.3. The van der Waals surface area contributed by atoms with Crippen LogP contribution in [-0.2, 0) is 27.8 Å². The molecule has 1 unspecified atom stereocenters. The van der Waals surface area contributed by atoms with Gasteiger partial charge in [0.2, 0.25) is 0 Å². The molecular formula is C47H53N3O7. The van der Waals surface area contributed by atoms with Crippen LogP contribution >= 0.6 is 0 Å². The first-order valence-electron chi connectivity index (χ1n) is 20.7. The number of allylic oxidation sites excluding steroid dienone is 3. The maximum atomic E-state index is 12.4. The van der Waals surface area contributed by atoms with Gasteiger partial charge >= 0.3 is 5.97 Å². The summed E-state index contributed by atoms with van der Waals surface area (Å²) in [5.74, 6) is 8.53. The van der Waals surface area contributed by atoms with Crippen LogP contribution in [0.2, 0.25) is 0 Å². The van der Waals surface area contributed by atoms with Crippen LogP contribution < -0.4 is 30.6 Å². The topological polar surface area (TPSA) is 145 Å². The number of ether oxygens (including phenoxy) is 4. The predicted octanol–water partition coefficient (Wildman–Crippen LogP) is 7.10. The van der Waals surface area contributed by atoms with Crippen molar-refractivity contribution in [1.29, 1.82) is 0 Å². The van der Waals surface area contributed by atoms with Gasteiger partial charge in [-0.1, -0.05) is 43.4 Å². The third kappa shape index (κ3) is 7.10. The number of phenols is 2. The number of fused-ring (bicyclic) bond motifs is 6. The molecule has 10 nitrogen and oxygen atoms in total. The summed E-state index contributed by atoms with van der Waals surface area (Å²) in [6, 6.07) is 12.0. The molecule has 0 amide bonds. The third-order valence-electron chi connectivity index (χ3n) is 13.2. The average molecular weight is 772 g/mol. The number of esters is 1. The highest BCUT2D eigenvalue weighted by atomic mass is 16.5. The Bertz CT molecular complexity index is 2210. The molecule has 10 heteroatoms. The van der Waals surface area contributed by atoms with Crippen LogP contribution in [0.15, 0.2) is 59.8 Å². The number of nitrogens with two attached hydrogens (primary N) is 1. The molecule has 0 radical (unpaired) electrons. The average Bonchev–Trinajstić information content (AvgIpc) is 3.77. The minimum absolute atomic E-state index is 0.0411. The van der Waals surface area contributed by atoms with Gasteiger partial charge in [-0.15, -0.1) is 0 Å². The van der Waals surface area contributed by atoms with E-state index in [1.807, 2.05) is 18.2 Å². The van der Waals surface area contributed by atoms with E-state index in [4.69, 9.17) is 24.7 Å². The maximum Gasteiger partial charge on any atom is 0.302 e. The number of aromatic hydroxyl groups is 2. The highest BCUT2D eigenvalue weighted by Gasteiger charge is 2.51. The Labute approximate surface area is 334 Å². The zero-order valence-corrected chi connectivity index (χ0v) is 32.9. The van der Waals surface area contributed by atoms with Crippen molar-refractivity contribution in [1.82, 2.24) is 10.6 Å². The van der Waals surface area contributed by atoms with Crippen molar-refractivity contribution in [3.63, 3.8) is 0 Å². The molecule has 6 N–H and O–H groups in total. The van der Waals surface area contributed by atoms with Gasteiger partial charge in [-0.05, 0) is 103 Å². The molecule has 3 aliphatic carbocycles. The van der Waals surface area contributed by atoms with Gasteiger partial charge in [0.25, 0.3) is 0 Å². The van der Waals surface area contributed by atoms with Crippen LogP contribution in [0, 0.1) is 17.8 Å². The quantitative estimate of drug-likeness (QED) is 0.0915. The number of rotatable bonds is 8. The highest BCUT2D eigenvalue weighted by Crippen LogP contribution is 2.62. The monoisotopic (exact) mass is 771 g/mol. The van der Waals surface area contributed by atoms with Crippen molar-refractivity contribution < 1.29 is 34.0 Å². The molecule has 5 atom stereocenters. The van der Waals surface area contributed by atoms with Crippen molar-refractivity contribution in [3.8, 4) is 51.7 Å². The van der Waals surface area contributed by atoms with E-state index in [0.717, 1.165) is 88.1 Å². The molecule has 3 aromatic carbocycles. The molecule has 0 saturated heterocycles. The highest BCUT2D eigenvalue weighted by molar-refractivity contribution is 5.84. The summed E-state index contributed by atoms with van der Waals surface area (Å²) < 4.78 is 25.4. The molecular weight excluding hydrogens is 719 g/mol. The molecule has 2 fully saturated rings. The van der Waals surface area contributed by atoms with Crippen molar-refractivity contribution in [3.05, 3.63) is 87.6 Å². The lowest BCUT2D eigenvalue weighted by molar-refractivity contribution is -0.141. The molecule has 3 aromatic rings. The van der Waals surface area contributed by atoms with Crippen molar-refractivity contribution in [2.24, 2.45) is 11.7 Å². The molecule has 4 bridgehead atoms. The number of carbonyl (C=O) groups excluding carboxylic acids is 1. The summed E-state index contributed by atoms with van der Waals surface area (Å²) in [4.78, 5) is 12.4. The van der Waals surface area contributed by atoms with Crippen LogP contribution in [0.4, 0.5) is 0 Å². The summed E-state index contributed by atoms with van der Waals surface area (Å²) >= 11 is 0. The summed E-state index contributed by atoms with van der Waals surface area (Å²) in [7, 11) is 1.64. The van der Waals surface area contributed by atoms with Gasteiger partial charge in [-0.2, -0.15) is 0 Å². The van der Waals surface area contributed by atoms with Gasteiger partial charge in [0.15, 0.2) is 11.5 Å². The summed E-state index contributed by atoms with van der Waals surface area (Å²) in [6.45, 7) is 2.62. The lowest BCUT2D eigenvalue weighted by Gasteiger charge is -2.39. The molecule has 3 aliphatic heterocycles. The van der Waals surface area contributed by atoms with Crippen molar-refractivity contribution >= 4 is 5.97 Å². The van der Waals surface area contributed by atoms with Crippen molar-refractivity contribution in [2.75, 3.05) is 26.9 Å². The van der Waals surface area contributed by atoms with Gasteiger partial charge in [0.05, 0.1) is 24.9 Å². The van der Waals surface area contributed by atoms with Gasteiger partial charge in [0, 0.05) is 59.7 Å². The molecule has 1 spiro atoms. The first kappa shape index (κ1) is 37.5. The molecule has 9 rings (SSSR count). The lowest BCUT2D eigenvalue weighted by Crippen LogP contribution is -2.37. The van der Waals surface area contributed by atoms with Crippen LogP contribution in [-0.4, -0.2) is 55.3 Å². The maximum absolute atomic E-state index is 12.4. The predicted molar refractivity (Wildman–Crippen MR) is 217 cm³/mol. The van der Waals surface area contributed by atoms with E-state index in [2.05, 4.69) is 40.7 Å². The summed E-state index contributed by atoms with van der Waals surface area (Å²) in [5.41, 5.74) is 14.9. The Balaban J connectivity index is 1.19. The normalized spacial score (nSPS) is 25.7. The Kier molecular flexibility index (Phi) is 10.1. The SMILES string of the molecule is COc1cc(O)cc2c1-c1ccc3c4c1[C@]1(CC[C@@H](CC5=C(C#CCc6cc(O)c(OCCNC7CCCCC7)cc6[C@@H](O4)[C@H]3COC(C)=O)NC(N)C=C5)C1)C2.